The lowest BCUT2D eigenvalue weighted by atomic mass is 9.78. The molecule has 1 aliphatic carbocycles. The molecule has 26 heavy (non-hydrogen) atoms. The van der Waals surface area contributed by atoms with Gasteiger partial charge in [-0.05, 0) is 18.8 Å². The maximum absolute atomic E-state index is 12.6. The van der Waals surface area contributed by atoms with Gasteiger partial charge < -0.3 is 15.0 Å². The van der Waals surface area contributed by atoms with Crippen LogP contribution in [0.1, 0.15) is 49.0 Å². The van der Waals surface area contributed by atoms with Crippen LogP contribution in [-0.4, -0.2) is 53.8 Å². The number of thiazole rings is 1. The van der Waals surface area contributed by atoms with Crippen molar-refractivity contribution in [2.24, 2.45) is 11.3 Å². The number of ether oxygens (including phenoxy) is 1. The van der Waals surface area contributed by atoms with Gasteiger partial charge in [0.05, 0.1) is 29.1 Å². The van der Waals surface area contributed by atoms with E-state index in [1.165, 1.54) is 11.3 Å². The molecule has 1 saturated heterocycles. The highest BCUT2D eigenvalue weighted by Gasteiger charge is 2.38. The van der Waals surface area contributed by atoms with E-state index in [0.717, 1.165) is 12.1 Å². The second-order valence-electron chi connectivity index (χ2n) is 7.98. The van der Waals surface area contributed by atoms with Gasteiger partial charge in [-0.2, -0.15) is 0 Å². The first kappa shape index (κ1) is 19.0. The SMILES string of the molecule is COC[C@H](C)N1C[C@H](C(=O)Nc2nc3c(s2)C(=O)CC(C)(C)C3)CC1=O. The van der Waals surface area contributed by atoms with E-state index >= 15 is 0 Å². The fourth-order valence-electron chi connectivity index (χ4n) is 3.65. The van der Waals surface area contributed by atoms with Crippen LogP contribution >= 0.6 is 11.3 Å². The molecule has 0 bridgehead atoms. The van der Waals surface area contributed by atoms with E-state index in [1.807, 2.05) is 20.8 Å². The summed E-state index contributed by atoms with van der Waals surface area (Å²) in [5.41, 5.74) is 0.666. The molecule has 3 rings (SSSR count). The first-order valence-electron chi connectivity index (χ1n) is 8.82. The van der Waals surface area contributed by atoms with Crippen molar-refractivity contribution in [3.05, 3.63) is 10.6 Å². The van der Waals surface area contributed by atoms with E-state index in [9.17, 15) is 14.4 Å². The molecule has 2 atom stereocenters. The predicted octanol–water partition coefficient (Wildman–Crippen LogP) is 2.12. The lowest BCUT2D eigenvalue weighted by Crippen LogP contribution is -2.38. The Morgan fingerprint density at radius 3 is 2.85 bits per heavy atom. The van der Waals surface area contributed by atoms with Gasteiger partial charge in [-0.15, -0.1) is 0 Å². The molecule has 0 spiro atoms. The van der Waals surface area contributed by atoms with Crippen LogP contribution in [-0.2, 0) is 20.7 Å². The zero-order valence-electron chi connectivity index (χ0n) is 15.6. The highest BCUT2D eigenvalue weighted by atomic mass is 32.1. The van der Waals surface area contributed by atoms with Gasteiger partial charge in [0.25, 0.3) is 0 Å². The minimum atomic E-state index is -0.408. The Bertz CT molecular complexity index is 743. The molecule has 0 saturated carbocycles. The number of methoxy groups -OCH3 is 1. The first-order valence-corrected chi connectivity index (χ1v) is 9.64. The Morgan fingerprint density at radius 1 is 1.42 bits per heavy atom. The Balaban J connectivity index is 1.66. The maximum atomic E-state index is 12.6. The third kappa shape index (κ3) is 3.81. The summed E-state index contributed by atoms with van der Waals surface area (Å²) in [6.45, 7) is 6.82. The molecule has 1 N–H and O–H groups in total. The van der Waals surface area contributed by atoms with Crippen molar-refractivity contribution in [3.63, 3.8) is 0 Å². The van der Waals surface area contributed by atoms with E-state index in [0.29, 0.717) is 29.6 Å². The van der Waals surface area contributed by atoms with Crippen LogP contribution in [0.25, 0.3) is 0 Å². The van der Waals surface area contributed by atoms with Gasteiger partial charge >= 0.3 is 0 Å². The number of amides is 2. The second-order valence-corrected chi connectivity index (χ2v) is 8.98. The Morgan fingerprint density at radius 2 is 2.15 bits per heavy atom. The van der Waals surface area contributed by atoms with E-state index in [4.69, 9.17) is 4.74 Å². The van der Waals surface area contributed by atoms with E-state index in [-0.39, 0.29) is 35.5 Å². The van der Waals surface area contributed by atoms with Gasteiger partial charge in [-0.25, -0.2) is 4.98 Å². The minimum Gasteiger partial charge on any atom is -0.383 e. The standard InChI is InChI=1S/C18H25N3O4S/c1-10(9-25-4)21-8-11(5-14(21)23)16(24)20-17-19-12-6-18(2,3)7-13(22)15(12)26-17/h10-11H,5-9H2,1-4H3,(H,19,20,24)/t10-,11+/m0/s1. The lowest BCUT2D eigenvalue weighted by molar-refractivity contribution is -0.130. The third-order valence-corrected chi connectivity index (χ3v) is 5.99. The van der Waals surface area contributed by atoms with Crippen molar-refractivity contribution in [3.8, 4) is 0 Å². The normalized spacial score (nSPS) is 23.1. The highest BCUT2D eigenvalue weighted by Crippen LogP contribution is 2.38. The number of hydrogen-bond acceptors (Lipinski definition) is 6. The summed E-state index contributed by atoms with van der Waals surface area (Å²) in [5.74, 6) is -0.576. The lowest BCUT2D eigenvalue weighted by Gasteiger charge is -2.26. The summed E-state index contributed by atoms with van der Waals surface area (Å²) in [7, 11) is 1.59. The van der Waals surface area contributed by atoms with Crippen molar-refractivity contribution in [2.75, 3.05) is 25.6 Å². The highest BCUT2D eigenvalue weighted by molar-refractivity contribution is 7.17. The zero-order valence-corrected chi connectivity index (χ0v) is 16.4. The maximum Gasteiger partial charge on any atom is 0.231 e. The van der Waals surface area contributed by atoms with Crippen molar-refractivity contribution >= 4 is 34.1 Å². The van der Waals surface area contributed by atoms with Crippen LogP contribution < -0.4 is 5.32 Å². The molecule has 8 heteroatoms. The van der Waals surface area contributed by atoms with Crippen LogP contribution in [0.3, 0.4) is 0 Å². The van der Waals surface area contributed by atoms with Crippen molar-refractivity contribution < 1.29 is 19.1 Å². The van der Waals surface area contributed by atoms with Crippen molar-refractivity contribution in [2.45, 2.75) is 46.1 Å². The summed E-state index contributed by atoms with van der Waals surface area (Å²) in [6.07, 6.45) is 1.42. The van der Waals surface area contributed by atoms with Crippen LogP contribution in [0.4, 0.5) is 5.13 Å². The summed E-state index contributed by atoms with van der Waals surface area (Å²) in [4.78, 5) is 43.8. The molecule has 2 amide bonds. The number of rotatable bonds is 5. The van der Waals surface area contributed by atoms with E-state index < -0.39 is 5.92 Å². The third-order valence-electron chi connectivity index (χ3n) is 4.94. The molecule has 1 aromatic heterocycles. The van der Waals surface area contributed by atoms with Crippen molar-refractivity contribution in [1.29, 1.82) is 0 Å². The molecule has 1 fully saturated rings. The Hall–Kier alpha value is -1.80. The quantitative estimate of drug-likeness (QED) is 0.846. The topological polar surface area (TPSA) is 88.6 Å². The molecule has 0 unspecified atom stereocenters. The molecule has 142 valence electrons. The van der Waals surface area contributed by atoms with Gasteiger partial charge in [0.1, 0.15) is 0 Å². The summed E-state index contributed by atoms with van der Waals surface area (Å²) in [5, 5.41) is 3.25. The zero-order chi connectivity index (χ0) is 19.1. The Kier molecular flexibility index (Phi) is 5.16. The smallest absolute Gasteiger partial charge is 0.231 e. The number of fused-ring (bicyclic) bond motifs is 1. The summed E-state index contributed by atoms with van der Waals surface area (Å²) in [6, 6.07) is -0.0580. The van der Waals surface area contributed by atoms with Crippen LogP contribution in [0.2, 0.25) is 0 Å². The number of nitrogens with one attached hydrogen (secondary N) is 1. The van der Waals surface area contributed by atoms with Gasteiger partial charge in [0.2, 0.25) is 11.8 Å². The van der Waals surface area contributed by atoms with E-state index in [1.54, 1.807) is 12.0 Å². The number of likely N-dealkylation sites (tertiary alicyclic amines) is 1. The predicted molar refractivity (Wildman–Crippen MR) is 98.3 cm³/mol. The number of Topliss-reactive ketones (excluding diaryl/α,β-unsaturated/α-hetero) is 1. The summed E-state index contributed by atoms with van der Waals surface area (Å²) < 4.78 is 5.09. The number of nitrogens with zero attached hydrogens (tertiary/aromatic N) is 2. The number of anilines is 1. The molecule has 1 aliphatic heterocycles. The molecular formula is C18H25N3O4S. The number of ketones is 1. The monoisotopic (exact) mass is 379 g/mol. The fourth-order valence-corrected chi connectivity index (χ4v) is 4.57. The number of carbonyl (C=O) groups is 3. The largest absolute Gasteiger partial charge is 0.383 e. The minimum absolute atomic E-state index is 0.0370. The molecular weight excluding hydrogens is 354 g/mol. The van der Waals surface area contributed by atoms with Gasteiger partial charge in [-0.3, -0.25) is 14.4 Å². The van der Waals surface area contributed by atoms with Crippen LogP contribution in [0.15, 0.2) is 0 Å². The average molecular weight is 379 g/mol. The summed E-state index contributed by atoms with van der Waals surface area (Å²) >= 11 is 1.24. The van der Waals surface area contributed by atoms with Crippen LogP contribution in [0.5, 0.6) is 0 Å². The molecule has 7 nitrogen and oxygen atoms in total. The molecule has 1 aromatic rings. The van der Waals surface area contributed by atoms with Gasteiger partial charge in [0.15, 0.2) is 10.9 Å². The second kappa shape index (κ2) is 7.08. The average Bonchev–Trinajstić information content (AvgIpc) is 3.10. The molecule has 0 radical (unpaired) electrons. The molecule has 0 aromatic carbocycles. The number of aromatic nitrogens is 1. The van der Waals surface area contributed by atoms with E-state index in [2.05, 4.69) is 10.3 Å². The Labute approximate surface area is 157 Å². The fraction of sp³-hybridized carbons (Fsp3) is 0.667. The van der Waals surface area contributed by atoms with Crippen LogP contribution in [0, 0.1) is 11.3 Å². The molecule has 2 heterocycles. The molecule has 2 aliphatic rings. The number of carbonyl (C=O) groups excluding carboxylic acids is 3. The van der Waals surface area contributed by atoms with Gasteiger partial charge in [-0.1, -0.05) is 25.2 Å². The first-order chi connectivity index (χ1) is 12.2. The number of hydrogen-bond donors (Lipinski definition) is 1. The van der Waals surface area contributed by atoms with Gasteiger partial charge in [0, 0.05) is 26.5 Å². The van der Waals surface area contributed by atoms with Crippen molar-refractivity contribution in [1.82, 2.24) is 9.88 Å².